The summed E-state index contributed by atoms with van der Waals surface area (Å²) in [5.74, 6) is -0.824. The first-order chi connectivity index (χ1) is 10.6. The summed E-state index contributed by atoms with van der Waals surface area (Å²) >= 11 is 3.21. The van der Waals surface area contributed by atoms with E-state index in [2.05, 4.69) is 26.2 Å². The number of amides is 1. The fraction of sp³-hybridized carbons (Fsp3) is 0.0714. The fourth-order valence-electron chi connectivity index (χ4n) is 1.83. The first kappa shape index (κ1) is 14.3. The Morgan fingerprint density at radius 2 is 2.14 bits per heavy atom. The van der Waals surface area contributed by atoms with E-state index < -0.39 is 11.8 Å². The molecule has 0 radical (unpaired) electrons. The van der Waals surface area contributed by atoms with Crippen LogP contribution in [-0.4, -0.2) is 15.8 Å². The highest BCUT2D eigenvalue weighted by Gasteiger charge is 2.15. The molecule has 0 saturated carbocycles. The van der Waals surface area contributed by atoms with E-state index in [0.29, 0.717) is 9.20 Å². The number of fused-ring (bicyclic) bond motifs is 1. The van der Waals surface area contributed by atoms with Crippen LogP contribution in [0, 0.1) is 0 Å². The number of aromatic nitrogens is 2. The molecule has 3 aromatic rings. The van der Waals surface area contributed by atoms with Crippen LogP contribution in [0.1, 0.15) is 5.56 Å². The van der Waals surface area contributed by atoms with Gasteiger partial charge in [-0.1, -0.05) is 35.1 Å². The minimum atomic E-state index is -0.824. The van der Waals surface area contributed by atoms with E-state index in [-0.39, 0.29) is 17.8 Å². The van der Waals surface area contributed by atoms with E-state index in [1.54, 1.807) is 6.07 Å². The number of benzene rings is 1. The lowest BCUT2D eigenvalue weighted by Crippen LogP contribution is -2.35. The zero-order chi connectivity index (χ0) is 15.5. The van der Waals surface area contributed by atoms with Crippen molar-refractivity contribution in [1.82, 2.24) is 15.0 Å². The summed E-state index contributed by atoms with van der Waals surface area (Å²) in [4.78, 5) is 32.4. The van der Waals surface area contributed by atoms with Crippen molar-refractivity contribution < 1.29 is 14.0 Å². The van der Waals surface area contributed by atoms with Gasteiger partial charge in [0.1, 0.15) is 0 Å². The van der Waals surface area contributed by atoms with Crippen LogP contribution < -0.4 is 15.9 Å². The third-order valence-corrected chi connectivity index (χ3v) is 3.24. The standard InChI is InChI=1S/C14H10BrN3O4/c15-10-6-11-12(16-8-10)18(14(20)21-11)22-13(19)17-7-9-4-2-1-3-5-9/h1-6,8H,7H2,(H,17,19). The number of carbonyl (C=O) groups is 1. The summed E-state index contributed by atoms with van der Waals surface area (Å²) in [5.41, 5.74) is 1.25. The van der Waals surface area contributed by atoms with Crippen LogP contribution in [0.5, 0.6) is 0 Å². The highest BCUT2D eigenvalue weighted by Crippen LogP contribution is 2.15. The van der Waals surface area contributed by atoms with Crippen LogP contribution in [-0.2, 0) is 6.54 Å². The van der Waals surface area contributed by atoms with Crippen molar-refractivity contribution in [3.8, 4) is 0 Å². The lowest BCUT2D eigenvalue weighted by molar-refractivity contribution is 0.126. The fourth-order valence-corrected chi connectivity index (χ4v) is 2.14. The molecule has 0 aliphatic carbocycles. The van der Waals surface area contributed by atoms with E-state index in [0.717, 1.165) is 5.56 Å². The Labute approximate surface area is 132 Å². The zero-order valence-corrected chi connectivity index (χ0v) is 12.7. The van der Waals surface area contributed by atoms with Crippen molar-refractivity contribution in [2.45, 2.75) is 6.54 Å². The van der Waals surface area contributed by atoms with E-state index >= 15 is 0 Å². The van der Waals surface area contributed by atoms with Gasteiger partial charge in [-0.2, -0.15) is 0 Å². The maximum absolute atomic E-state index is 11.8. The van der Waals surface area contributed by atoms with Crippen molar-refractivity contribution in [2.24, 2.45) is 0 Å². The van der Waals surface area contributed by atoms with E-state index in [1.807, 2.05) is 30.3 Å². The van der Waals surface area contributed by atoms with Gasteiger partial charge in [0.2, 0.25) is 5.65 Å². The van der Waals surface area contributed by atoms with Crippen LogP contribution in [0.3, 0.4) is 0 Å². The Morgan fingerprint density at radius 1 is 1.36 bits per heavy atom. The van der Waals surface area contributed by atoms with Crippen molar-refractivity contribution >= 4 is 33.3 Å². The third-order valence-electron chi connectivity index (χ3n) is 2.81. The average Bonchev–Trinajstić information content (AvgIpc) is 2.81. The van der Waals surface area contributed by atoms with Crippen LogP contribution in [0.4, 0.5) is 4.79 Å². The van der Waals surface area contributed by atoms with Gasteiger partial charge in [-0.3, -0.25) is 0 Å². The number of hydrogen-bond acceptors (Lipinski definition) is 5. The Morgan fingerprint density at radius 3 is 2.91 bits per heavy atom. The van der Waals surface area contributed by atoms with Gasteiger partial charge in [-0.05, 0) is 21.5 Å². The maximum Gasteiger partial charge on any atom is 0.455 e. The third kappa shape index (κ3) is 3.01. The molecule has 0 aliphatic rings. The minimum Gasteiger partial charge on any atom is -0.404 e. The molecule has 8 heteroatoms. The molecule has 0 unspecified atom stereocenters. The molecule has 0 aliphatic heterocycles. The minimum absolute atomic E-state index is 0.128. The number of nitrogens with zero attached hydrogens (tertiary/aromatic N) is 2. The summed E-state index contributed by atoms with van der Waals surface area (Å²) < 4.78 is 6.31. The second-order valence-electron chi connectivity index (χ2n) is 4.36. The summed E-state index contributed by atoms with van der Waals surface area (Å²) in [7, 11) is 0. The summed E-state index contributed by atoms with van der Waals surface area (Å²) in [5, 5.41) is 2.54. The highest BCUT2D eigenvalue weighted by atomic mass is 79.9. The SMILES string of the molecule is O=C(NCc1ccccc1)On1c(=O)oc2cc(Br)cnc21. The van der Waals surface area contributed by atoms with Crippen molar-refractivity contribution in [1.29, 1.82) is 0 Å². The Balaban J connectivity index is 1.74. The molecule has 1 aromatic carbocycles. The van der Waals surface area contributed by atoms with Gasteiger partial charge in [0.25, 0.3) is 0 Å². The molecule has 1 amide bonds. The maximum atomic E-state index is 11.8. The van der Waals surface area contributed by atoms with Crippen molar-refractivity contribution in [2.75, 3.05) is 0 Å². The lowest BCUT2D eigenvalue weighted by atomic mass is 10.2. The summed E-state index contributed by atoms with van der Waals surface area (Å²) in [6, 6.07) is 10.9. The van der Waals surface area contributed by atoms with Crippen LogP contribution >= 0.6 is 15.9 Å². The normalized spacial score (nSPS) is 10.6. The molecule has 2 heterocycles. The second-order valence-corrected chi connectivity index (χ2v) is 5.27. The first-order valence-corrected chi connectivity index (χ1v) is 7.10. The highest BCUT2D eigenvalue weighted by molar-refractivity contribution is 9.10. The van der Waals surface area contributed by atoms with E-state index in [4.69, 9.17) is 9.25 Å². The number of oxazole rings is 1. The molecule has 1 N–H and O–H groups in total. The number of hydrogen-bond donors (Lipinski definition) is 1. The van der Waals surface area contributed by atoms with Gasteiger partial charge in [0, 0.05) is 23.3 Å². The van der Waals surface area contributed by atoms with Gasteiger partial charge in [-0.15, -0.1) is 0 Å². The molecule has 3 rings (SSSR count). The van der Waals surface area contributed by atoms with Gasteiger partial charge >= 0.3 is 11.8 Å². The number of carbonyl (C=O) groups excluding carboxylic acids is 1. The monoisotopic (exact) mass is 363 g/mol. The molecule has 0 fully saturated rings. The van der Waals surface area contributed by atoms with Gasteiger partial charge < -0.3 is 14.6 Å². The number of halogens is 1. The smallest absolute Gasteiger partial charge is 0.404 e. The summed E-state index contributed by atoms with van der Waals surface area (Å²) in [6.07, 6.45) is 0.692. The predicted molar refractivity (Wildman–Crippen MR) is 81.2 cm³/mol. The van der Waals surface area contributed by atoms with Crippen LogP contribution in [0.25, 0.3) is 11.2 Å². The Hall–Kier alpha value is -2.61. The second kappa shape index (κ2) is 6.02. The quantitative estimate of drug-likeness (QED) is 0.769. The van der Waals surface area contributed by atoms with Gasteiger partial charge in [0.15, 0.2) is 5.58 Å². The molecule has 0 spiro atoms. The number of pyridine rings is 1. The van der Waals surface area contributed by atoms with E-state index in [1.165, 1.54) is 6.20 Å². The van der Waals surface area contributed by atoms with Gasteiger partial charge in [-0.25, -0.2) is 14.6 Å². The average molecular weight is 364 g/mol. The molecule has 0 atom stereocenters. The number of rotatable bonds is 3. The van der Waals surface area contributed by atoms with Gasteiger partial charge in [0.05, 0.1) is 0 Å². The molecule has 0 bridgehead atoms. The molecular formula is C14H10BrN3O4. The number of nitrogens with one attached hydrogen (secondary N) is 1. The molecule has 2 aromatic heterocycles. The summed E-state index contributed by atoms with van der Waals surface area (Å²) in [6.45, 7) is 0.281. The molecule has 22 heavy (non-hydrogen) atoms. The van der Waals surface area contributed by atoms with Crippen LogP contribution in [0.15, 0.2) is 56.3 Å². The Bertz CT molecular complexity index is 873. The first-order valence-electron chi connectivity index (χ1n) is 6.31. The largest absolute Gasteiger partial charge is 0.455 e. The molecule has 0 saturated heterocycles. The van der Waals surface area contributed by atoms with E-state index in [9.17, 15) is 9.59 Å². The Kier molecular flexibility index (Phi) is 3.92. The topological polar surface area (TPSA) is 86.4 Å². The molecule has 7 nitrogen and oxygen atoms in total. The van der Waals surface area contributed by atoms with Crippen molar-refractivity contribution in [3.05, 3.63) is 63.2 Å². The zero-order valence-electron chi connectivity index (χ0n) is 11.2. The molecular weight excluding hydrogens is 354 g/mol. The van der Waals surface area contributed by atoms with Crippen LogP contribution in [0.2, 0.25) is 0 Å². The lowest BCUT2D eigenvalue weighted by Gasteiger charge is -2.05. The predicted octanol–water partition coefficient (Wildman–Crippen LogP) is 2.09. The van der Waals surface area contributed by atoms with Crippen molar-refractivity contribution in [3.63, 3.8) is 0 Å². The molecule has 112 valence electrons.